The van der Waals surface area contributed by atoms with Gasteiger partial charge in [-0.25, -0.2) is 4.98 Å². The number of thiazole rings is 1. The van der Waals surface area contributed by atoms with Crippen molar-refractivity contribution in [3.05, 3.63) is 53.4 Å². The summed E-state index contributed by atoms with van der Waals surface area (Å²) in [6, 6.07) is 14.5. The van der Waals surface area contributed by atoms with E-state index < -0.39 is 5.92 Å². The van der Waals surface area contributed by atoms with Gasteiger partial charge in [-0.1, -0.05) is 41.7 Å². The zero-order valence-electron chi connectivity index (χ0n) is 18.5. The van der Waals surface area contributed by atoms with E-state index in [-0.39, 0.29) is 30.6 Å². The van der Waals surface area contributed by atoms with E-state index in [9.17, 15) is 14.4 Å². The molecule has 0 saturated carbocycles. The van der Waals surface area contributed by atoms with E-state index in [0.717, 1.165) is 16.9 Å². The van der Waals surface area contributed by atoms with Crippen LogP contribution in [0.25, 0.3) is 11.3 Å². The first-order valence-corrected chi connectivity index (χ1v) is 11.1. The Morgan fingerprint density at radius 1 is 1.12 bits per heavy atom. The van der Waals surface area contributed by atoms with E-state index in [2.05, 4.69) is 10.3 Å². The quantitative estimate of drug-likeness (QED) is 0.529. The van der Waals surface area contributed by atoms with Crippen molar-refractivity contribution in [3.63, 3.8) is 0 Å². The van der Waals surface area contributed by atoms with Gasteiger partial charge in [-0.15, -0.1) is 0 Å². The molecule has 2 heterocycles. The number of rotatable bonds is 7. The van der Waals surface area contributed by atoms with Gasteiger partial charge < -0.3 is 19.7 Å². The number of aromatic nitrogens is 1. The number of anilines is 2. The number of hydrogen-bond donors (Lipinski definition) is 1. The molecule has 170 valence electrons. The van der Waals surface area contributed by atoms with Gasteiger partial charge in [-0.3, -0.25) is 14.4 Å². The molecule has 33 heavy (non-hydrogen) atoms. The van der Waals surface area contributed by atoms with E-state index >= 15 is 0 Å². The van der Waals surface area contributed by atoms with Crippen molar-refractivity contribution in [1.29, 1.82) is 0 Å². The Labute approximate surface area is 195 Å². The zero-order valence-corrected chi connectivity index (χ0v) is 19.3. The molecule has 0 radical (unpaired) electrons. The first-order chi connectivity index (χ1) is 15.9. The molecule has 1 N–H and O–H groups in total. The molecule has 1 aromatic heterocycles. The zero-order chi connectivity index (χ0) is 23.5. The molecule has 1 atom stereocenters. The minimum absolute atomic E-state index is 0.0670. The number of amides is 2. The smallest absolute Gasteiger partial charge is 0.231 e. The summed E-state index contributed by atoms with van der Waals surface area (Å²) in [6.45, 7) is 1.69. The minimum atomic E-state index is -0.561. The minimum Gasteiger partial charge on any atom is -0.497 e. The van der Waals surface area contributed by atoms with Gasteiger partial charge in [-0.05, 0) is 12.1 Å². The summed E-state index contributed by atoms with van der Waals surface area (Å²) in [5.74, 6) is -0.0816. The summed E-state index contributed by atoms with van der Waals surface area (Å²) in [6.07, 6.45) is 0.0670. The Morgan fingerprint density at radius 3 is 2.55 bits per heavy atom. The van der Waals surface area contributed by atoms with E-state index in [1.807, 2.05) is 30.3 Å². The molecular weight excluding hydrogens is 442 g/mol. The second kappa shape index (κ2) is 9.41. The Bertz CT molecular complexity index is 1210. The molecule has 1 aliphatic rings. The van der Waals surface area contributed by atoms with E-state index in [0.29, 0.717) is 32.9 Å². The van der Waals surface area contributed by atoms with Crippen LogP contribution in [0.15, 0.2) is 48.5 Å². The number of ether oxygens (including phenoxy) is 2. The van der Waals surface area contributed by atoms with Gasteiger partial charge in [0.2, 0.25) is 11.8 Å². The fourth-order valence-electron chi connectivity index (χ4n) is 3.74. The standard InChI is InChI=1S/C24H23N3O5S/c1-14(28)22-21(15-7-5-4-6-8-15)25-24(33-22)26-23(30)16-11-20(29)27(13-16)18-10-9-17(31-2)12-19(18)32-3/h4-10,12,16H,11,13H2,1-3H3,(H,25,26,30)/t16-/m0/s1. The maximum atomic E-state index is 13.0. The molecule has 0 unspecified atom stereocenters. The Kier molecular flexibility index (Phi) is 6.41. The number of benzene rings is 2. The third-order valence-corrected chi connectivity index (χ3v) is 6.47. The van der Waals surface area contributed by atoms with Crippen molar-refractivity contribution in [1.82, 2.24) is 4.98 Å². The lowest BCUT2D eigenvalue weighted by molar-refractivity contribution is -0.122. The van der Waals surface area contributed by atoms with E-state index in [1.165, 1.54) is 14.0 Å². The maximum Gasteiger partial charge on any atom is 0.231 e. The highest BCUT2D eigenvalue weighted by Gasteiger charge is 2.37. The van der Waals surface area contributed by atoms with Gasteiger partial charge in [0.15, 0.2) is 10.9 Å². The predicted octanol–water partition coefficient (Wildman–Crippen LogP) is 4.02. The SMILES string of the molecule is COc1ccc(N2C[C@@H](C(=O)Nc3nc(-c4ccccc4)c(C(C)=O)s3)CC2=O)c(OC)c1. The third kappa shape index (κ3) is 4.58. The second-order valence-corrected chi connectivity index (χ2v) is 8.55. The number of hydrogen-bond acceptors (Lipinski definition) is 7. The molecule has 1 aliphatic heterocycles. The fraction of sp³-hybridized carbons (Fsp3) is 0.250. The largest absolute Gasteiger partial charge is 0.497 e. The predicted molar refractivity (Wildman–Crippen MR) is 126 cm³/mol. The third-order valence-electron chi connectivity index (χ3n) is 5.40. The molecule has 1 fully saturated rings. The van der Waals surface area contributed by atoms with Gasteiger partial charge in [0.05, 0.1) is 36.4 Å². The average Bonchev–Trinajstić information content (AvgIpc) is 3.43. The van der Waals surface area contributed by atoms with Crippen LogP contribution in [0.1, 0.15) is 23.0 Å². The lowest BCUT2D eigenvalue weighted by Gasteiger charge is -2.20. The molecule has 9 heteroatoms. The van der Waals surface area contributed by atoms with Crippen LogP contribution in [0.5, 0.6) is 11.5 Å². The highest BCUT2D eigenvalue weighted by molar-refractivity contribution is 7.18. The molecule has 0 spiro atoms. The van der Waals surface area contributed by atoms with Crippen LogP contribution in [-0.4, -0.2) is 43.3 Å². The van der Waals surface area contributed by atoms with Gasteiger partial charge in [0.25, 0.3) is 0 Å². The molecule has 0 bridgehead atoms. The van der Waals surface area contributed by atoms with Gasteiger partial charge in [0, 0.05) is 31.5 Å². The Balaban J connectivity index is 1.52. The molecule has 2 amide bonds. The summed E-state index contributed by atoms with van der Waals surface area (Å²) >= 11 is 1.13. The van der Waals surface area contributed by atoms with Crippen molar-refractivity contribution in [2.45, 2.75) is 13.3 Å². The van der Waals surface area contributed by atoms with Gasteiger partial charge in [-0.2, -0.15) is 0 Å². The van der Waals surface area contributed by atoms with Crippen LogP contribution in [-0.2, 0) is 9.59 Å². The highest BCUT2D eigenvalue weighted by atomic mass is 32.1. The average molecular weight is 466 g/mol. The van der Waals surface area contributed by atoms with Crippen LogP contribution in [0, 0.1) is 5.92 Å². The Hall–Kier alpha value is -3.72. The summed E-state index contributed by atoms with van der Waals surface area (Å²) in [7, 11) is 3.07. The fourth-order valence-corrected chi connectivity index (χ4v) is 4.62. The molecule has 1 saturated heterocycles. The van der Waals surface area contributed by atoms with Crippen molar-refractivity contribution in [3.8, 4) is 22.8 Å². The lowest BCUT2D eigenvalue weighted by atomic mass is 10.1. The summed E-state index contributed by atoms with van der Waals surface area (Å²) in [5, 5.41) is 3.13. The second-order valence-electron chi connectivity index (χ2n) is 7.55. The first-order valence-electron chi connectivity index (χ1n) is 10.3. The number of nitrogens with zero attached hydrogens (tertiary/aromatic N) is 2. The van der Waals surface area contributed by atoms with Crippen molar-refractivity contribution < 1.29 is 23.9 Å². The number of nitrogens with one attached hydrogen (secondary N) is 1. The number of ketones is 1. The number of carbonyl (C=O) groups excluding carboxylic acids is 3. The monoisotopic (exact) mass is 465 g/mol. The molecule has 4 rings (SSSR count). The van der Waals surface area contributed by atoms with E-state index in [4.69, 9.17) is 9.47 Å². The molecule has 0 aliphatic carbocycles. The molecule has 3 aromatic rings. The highest BCUT2D eigenvalue weighted by Crippen LogP contribution is 2.37. The van der Waals surface area contributed by atoms with Crippen LogP contribution in [0.4, 0.5) is 10.8 Å². The molecule has 8 nitrogen and oxygen atoms in total. The van der Waals surface area contributed by atoms with E-state index in [1.54, 1.807) is 30.2 Å². The van der Waals surface area contributed by atoms with Crippen LogP contribution >= 0.6 is 11.3 Å². The van der Waals surface area contributed by atoms with Crippen LogP contribution < -0.4 is 19.7 Å². The number of carbonyl (C=O) groups is 3. The van der Waals surface area contributed by atoms with Crippen molar-refractivity contribution in [2.75, 3.05) is 31.0 Å². The topological polar surface area (TPSA) is 97.8 Å². The van der Waals surface area contributed by atoms with Crippen LogP contribution in [0.2, 0.25) is 0 Å². The van der Waals surface area contributed by atoms with Gasteiger partial charge in [0.1, 0.15) is 11.5 Å². The number of methoxy groups -OCH3 is 2. The summed E-state index contributed by atoms with van der Waals surface area (Å²) < 4.78 is 10.6. The van der Waals surface area contributed by atoms with Crippen molar-refractivity contribution >= 4 is 39.8 Å². The molecular formula is C24H23N3O5S. The lowest BCUT2D eigenvalue weighted by Crippen LogP contribution is -2.28. The summed E-state index contributed by atoms with van der Waals surface area (Å²) in [4.78, 5) is 44.3. The van der Waals surface area contributed by atoms with Crippen LogP contribution in [0.3, 0.4) is 0 Å². The Morgan fingerprint density at radius 2 is 1.88 bits per heavy atom. The molecule has 2 aromatic carbocycles. The van der Waals surface area contributed by atoms with Gasteiger partial charge >= 0.3 is 0 Å². The number of Topliss-reactive ketones (excluding diaryl/α,β-unsaturated/α-hetero) is 1. The maximum absolute atomic E-state index is 13.0. The normalized spacial score (nSPS) is 15.4. The first kappa shape index (κ1) is 22.5. The summed E-state index contributed by atoms with van der Waals surface area (Å²) in [5.41, 5.74) is 1.92. The van der Waals surface area contributed by atoms with Crippen molar-refractivity contribution in [2.24, 2.45) is 5.92 Å².